The van der Waals surface area contributed by atoms with Gasteiger partial charge in [-0.3, -0.25) is 4.79 Å². The molecule has 8 heteroatoms. The van der Waals surface area contributed by atoms with Crippen molar-refractivity contribution in [3.05, 3.63) is 41.7 Å². The molecular weight excluding hydrogens is 350 g/mol. The molecule has 2 aromatic heterocycles. The van der Waals surface area contributed by atoms with Gasteiger partial charge in [0.25, 0.3) is 0 Å². The summed E-state index contributed by atoms with van der Waals surface area (Å²) in [4.78, 5) is 20.7. The van der Waals surface area contributed by atoms with Crippen LogP contribution in [-0.4, -0.2) is 27.6 Å². The number of methoxy groups -OCH3 is 1. The van der Waals surface area contributed by atoms with E-state index >= 15 is 0 Å². The van der Waals surface area contributed by atoms with E-state index in [2.05, 4.69) is 15.3 Å². The average molecular weight is 367 g/mol. The third-order valence-corrected chi connectivity index (χ3v) is 5.19. The second kappa shape index (κ2) is 5.99. The maximum Gasteiger partial charge on any atom is 0.248 e. The van der Waals surface area contributed by atoms with Crippen molar-refractivity contribution in [3.63, 3.8) is 0 Å². The smallest absolute Gasteiger partial charge is 0.248 e. The predicted octanol–water partition coefficient (Wildman–Crippen LogP) is 3.34. The number of imidazole rings is 1. The molecule has 0 atom stereocenters. The first-order valence-corrected chi connectivity index (χ1v) is 8.75. The Kier molecular flexibility index (Phi) is 3.77. The molecule has 0 aliphatic rings. The van der Waals surface area contributed by atoms with Gasteiger partial charge in [-0.1, -0.05) is 11.3 Å². The van der Waals surface area contributed by atoms with E-state index in [1.165, 1.54) is 11.3 Å². The molecule has 0 spiro atoms. The van der Waals surface area contributed by atoms with Gasteiger partial charge >= 0.3 is 0 Å². The highest BCUT2D eigenvalue weighted by atomic mass is 32.1. The molecule has 0 aliphatic carbocycles. The number of carbonyl (C=O) groups excluding carboxylic acids is 1. The molecule has 0 bridgehead atoms. The molecule has 0 unspecified atom stereocenters. The highest BCUT2D eigenvalue weighted by molar-refractivity contribution is 7.22. The average Bonchev–Trinajstić information content (AvgIpc) is 3.17. The number of aromatic nitrogens is 3. The van der Waals surface area contributed by atoms with Crippen molar-refractivity contribution < 1.29 is 9.53 Å². The van der Waals surface area contributed by atoms with Gasteiger partial charge < -0.3 is 20.4 Å². The number of thiazole rings is 1. The fraction of sp³-hybridized carbons (Fsp3) is 0.167. The molecule has 4 aromatic rings. The number of anilines is 2. The first kappa shape index (κ1) is 16.3. The number of aryl methyl sites for hydroxylation is 2. The monoisotopic (exact) mass is 367 g/mol. The zero-order valence-corrected chi connectivity index (χ0v) is 15.3. The molecule has 3 N–H and O–H groups in total. The summed E-state index contributed by atoms with van der Waals surface area (Å²) < 4.78 is 8.47. The first-order chi connectivity index (χ1) is 12.5. The number of nitrogens with zero attached hydrogens (tertiary/aromatic N) is 3. The van der Waals surface area contributed by atoms with Crippen LogP contribution in [0.1, 0.15) is 15.9 Å². The minimum Gasteiger partial charge on any atom is -0.494 e. The molecule has 2 aromatic carbocycles. The van der Waals surface area contributed by atoms with Crippen LogP contribution in [0.25, 0.3) is 21.3 Å². The lowest BCUT2D eigenvalue weighted by Crippen LogP contribution is -2.12. The number of carbonyl (C=O) groups is 1. The Morgan fingerprint density at radius 3 is 2.85 bits per heavy atom. The van der Waals surface area contributed by atoms with Crippen LogP contribution in [-0.2, 0) is 7.05 Å². The van der Waals surface area contributed by atoms with Crippen LogP contribution >= 0.6 is 11.3 Å². The zero-order valence-electron chi connectivity index (χ0n) is 14.5. The quantitative estimate of drug-likeness (QED) is 0.577. The summed E-state index contributed by atoms with van der Waals surface area (Å²) in [6, 6.07) is 7.45. The van der Waals surface area contributed by atoms with E-state index in [-0.39, 0.29) is 0 Å². The fourth-order valence-corrected chi connectivity index (χ4v) is 3.92. The van der Waals surface area contributed by atoms with Gasteiger partial charge in [0.05, 0.1) is 29.3 Å². The second-order valence-electron chi connectivity index (χ2n) is 6.02. The van der Waals surface area contributed by atoms with Crippen LogP contribution in [0.2, 0.25) is 0 Å². The molecule has 4 rings (SSSR count). The van der Waals surface area contributed by atoms with Gasteiger partial charge in [-0.05, 0) is 36.8 Å². The van der Waals surface area contributed by atoms with Crippen LogP contribution in [0.3, 0.4) is 0 Å². The Balaban J connectivity index is 1.82. The van der Waals surface area contributed by atoms with Crippen LogP contribution in [0.4, 0.5) is 10.8 Å². The molecule has 0 fully saturated rings. The maximum atomic E-state index is 11.6. The third kappa shape index (κ3) is 2.55. The molecule has 0 saturated heterocycles. The number of benzene rings is 2. The van der Waals surface area contributed by atoms with E-state index < -0.39 is 5.91 Å². The van der Waals surface area contributed by atoms with E-state index in [4.69, 9.17) is 10.5 Å². The zero-order chi connectivity index (χ0) is 18.4. The lowest BCUT2D eigenvalue weighted by atomic mass is 10.1. The number of nitrogens with two attached hydrogens (primary N) is 1. The summed E-state index contributed by atoms with van der Waals surface area (Å²) in [5, 5.41) is 3.95. The Morgan fingerprint density at radius 1 is 1.31 bits per heavy atom. The lowest BCUT2D eigenvalue weighted by molar-refractivity contribution is 0.1000. The van der Waals surface area contributed by atoms with Crippen molar-refractivity contribution in [3.8, 4) is 5.75 Å². The summed E-state index contributed by atoms with van der Waals surface area (Å²) >= 11 is 1.51. The van der Waals surface area contributed by atoms with Crippen molar-refractivity contribution in [1.29, 1.82) is 0 Å². The molecule has 0 saturated carbocycles. The van der Waals surface area contributed by atoms with E-state index in [0.717, 1.165) is 26.8 Å². The number of hydrogen-bond acceptors (Lipinski definition) is 6. The van der Waals surface area contributed by atoms with Gasteiger partial charge in [-0.25, -0.2) is 9.97 Å². The van der Waals surface area contributed by atoms with Crippen molar-refractivity contribution in [2.45, 2.75) is 6.92 Å². The highest BCUT2D eigenvalue weighted by Crippen LogP contribution is 2.36. The summed E-state index contributed by atoms with van der Waals surface area (Å²) in [6.07, 6.45) is 1.78. The van der Waals surface area contributed by atoms with Gasteiger partial charge in [-0.15, -0.1) is 0 Å². The van der Waals surface area contributed by atoms with Crippen molar-refractivity contribution in [2.75, 3.05) is 12.4 Å². The van der Waals surface area contributed by atoms with Crippen LogP contribution < -0.4 is 15.8 Å². The molecule has 2 heterocycles. The molecule has 0 aliphatic heterocycles. The van der Waals surface area contributed by atoms with Crippen LogP contribution in [0.5, 0.6) is 5.75 Å². The summed E-state index contributed by atoms with van der Waals surface area (Å²) in [5.41, 5.74) is 10.1. The molecule has 7 nitrogen and oxygen atoms in total. The summed E-state index contributed by atoms with van der Waals surface area (Å²) in [6.45, 7) is 1.87. The minimum atomic E-state index is -0.488. The van der Waals surface area contributed by atoms with Crippen molar-refractivity contribution in [2.24, 2.45) is 12.8 Å². The van der Waals surface area contributed by atoms with Gasteiger partial charge in [0, 0.05) is 12.6 Å². The number of fused-ring (bicyclic) bond motifs is 3. The molecule has 26 heavy (non-hydrogen) atoms. The van der Waals surface area contributed by atoms with E-state index in [1.54, 1.807) is 25.6 Å². The topological polar surface area (TPSA) is 95.1 Å². The lowest BCUT2D eigenvalue weighted by Gasteiger charge is -2.13. The summed E-state index contributed by atoms with van der Waals surface area (Å²) in [5.74, 6) is 0.163. The van der Waals surface area contributed by atoms with E-state index in [0.29, 0.717) is 22.1 Å². The number of rotatable bonds is 4. The maximum absolute atomic E-state index is 11.6. The molecule has 0 radical (unpaired) electrons. The summed E-state index contributed by atoms with van der Waals surface area (Å²) in [7, 11) is 3.54. The largest absolute Gasteiger partial charge is 0.494 e. The van der Waals surface area contributed by atoms with Gasteiger partial charge in [0.1, 0.15) is 16.8 Å². The Bertz CT molecular complexity index is 1160. The number of ether oxygens (including phenoxy) is 1. The predicted molar refractivity (Wildman–Crippen MR) is 103 cm³/mol. The minimum absolute atomic E-state index is 0.416. The number of nitrogens with one attached hydrogen (secondary N) is 1. The first-order valence-electron chi connectivity index (χ1n) is 7.94. The van der Waals surface area contributed by atoms with Crippen LogP contribution in [0, 0.1) is 6.92 Å². The van der Waals surface area contributed by atoms with Crippen molar-refractivity contribution in [1.82, 2.24) is 14.5 Å². The van der Waals surface area contributed by atoms with E-state index in [9.17, 15) is 4.79 Å². The fourth-order valence-electron chi connectivity index (χ4n) is 3.04. The molecular formula is C18H17N5O2S. The van der Waals surface area contributed by atoms with Gasteiger partial charge in [-0.2, -0.15) is 0 Å². The van der Waals surface area contributed by atoms with Gasteiger partial charge in [0.15, 0.2) is 5.13 Å². The molecule has 1 amide bonds. The van der Waals surface area contributed by atoms with Crippen molar-refractivity contribution >= 4 is 49.3 Å². The van der Waals surface area contributed by atoms with Gasteiger partial charge in [0.2, 0.25) is 5.91 Å². The Hall–Kier alpha value is -3.13. The highest BCUT2D eigenvalue weighted by Gasteiger charge is 2.15. The number of primary amides is 1. The normalized spacial score (nSPS) is 11.2. The molecule has 132 valence electrons. The SMILES string of the molecule is COc1c(C)cc(C(N)=O)cc1Nc1nc2c(ccc3c2ncn3C)s1. The number of amides is 1. The number of hydrogen-bond donors (Lipinski definition) is 2. The Morgan fingerprint density at radius 2 is 2.12 bits per heavy atom. The Labute approximate surface area is 153 Å². The second-order valence-corrected chi connectivity index (χ2v) is 7.05. The third-order valence-electron chi connectivity index (χ3n) is 4.26. The standard InChI is InChI=1S/C18H17N5O2S/c1-9-6-10(17(19)24)7-11(16(9)25-3)21-18-22-15-13(26-18)5-4-12-14(15)20-8-23(12)2/h4-8H,1-3H3,(H2,19,24)(H,21,22). The van der Waals surface area contributed by atoms with Crippen LogP contribution in [0.15, 0.2) is 30.6 Å². The van der Waals surface area contributed by atoms with E-state index in [1.807, 2.05) is 30.7 Å².